The van der Waals surface area contributed by atoms with Gasteiger partial charge in [-0.25, -0.2) is 4.79 Å². The Hall–Kier alpha value is -1.65. The highest BCUT2D eigenvalue weighted by molar-refractivity contribution is 5.68. The Morgan fingerprint density at radius 1 is 1.00 bits per heavy atom. The molecule has 0 fully saturated rings. The van der Waals surface area contributed by atoms with Gasteiger partial charge in [0, 0.05) is 6.42 Å². The molecule has 0 saturated carbocycles. The maximum Gasteiger partial charge on any atom is 0.342 e. The lowest BCUT2D eigenvalue weighted by Gasteiger charge is -2.02. The maximum atomic E-state index is 10.7. The summed E-state index contributed by atoms with van der Waals surface area (Å²) >= 11 is 0. The average molecular weight is 336 g/mol. The molecule has 24 heavy (non-hydrogen) atoms. The molecule has 2 N–H and O–H groups in total. The van der Waals surface area contributed by atoms with Crippen molar-refractivity contribution in [3.05, 3.63) is 48.6 Å². The SMILES string of the molecule is CCCCCC=CCC=CCC=CC=CC(O)CCCC(=O)OO. The first-order valence-electron chi connectivity index (χ1n) is 8.86. The average Bonchev–Trinajstić information content (AvgIpc) is 2.58. The zero-order valence-corrected chi connectivity index (χ0v) is 14.8. The van der Waals surface area contributed by atoms with Gasteiger partial charge in [0.25, 0.3) is 0 Å². The lowest BCUT2D eigenvalue weighted by atomic mass is 10.1. The zero-order chi connectivity index (χ0) is 17.9. The minimum absolute atomic E-state index is 0.106. The number of rotatable bonds is 14. The van der Waals surface area contributed by atoms with Crippen molar-refractivity contribution in [1.29, 1.82) is 0 Å². The van der Waals surface area contributed by atoms with E-state index >= 15 is 0 Å². The van der Waals surface area contributed by atoms with E-state index in [9.17, 15) is 9.90 Å². The number of carbonyl (C=O) groups is 1. The Balaban J connectivity index is 3.62. The van der Waals surface area contributed by atoms with E-state index in [1.165, 1.54) is 25.7 Å². The number of unbranched alkanes of at least 4 members (excludes halogenated alkanes) is 3. The highest BCUT2D eigenvalue weighted by atomic mass is 17.1. The summed E-state index contributed by atoms with van der Waals surface area (Å²) in [5.41, 5.74) is 0. The van der Waals surface area contributed by atoms with Crippen LogP contribution in [0.15, 0.2) is 48.6 Å². The number of hydrogen-bond acceptors (Lipinski definition) is 4. The number of allylic oxidation sites excluding steroid dienone is 7. The van der Waals surface area contributed by atoms with Crippen molar-refractivity contribution < 1.29 is 20.0 Å². The van der Waals surface area contributed by atoms with E-state index in [0.717, 1.165) is 12.8 Å². The highest BCUT2D eigenvalue weighted by Crippen LogP contribution is 2.03. The quantitative estimate of drug-likeness (QED) is 0.152. The summed E-state index contributed by atoms with van der Waals surface area (Å²) < 4.78 is 0. The fraction of sp³-hybridized carbons (Fsp3) is 0.550. The van der Waals surface area contributed by atoms with Gasteiger partial charge in [0.05, 0.1) is 6.10 Å². The van der Waals surface area contributed by atoms with Crippen LogP contribution in [-0.2, 0) is 9.68 Å². The highest BCUT2D eigenvalue weighted by Gasteiger charge is 2.04. The second-order valence-corrected chi connectivity index (χ2v) is 5.65. The molecule has 4 nitrogen and oxygen atoms in total. The topological polar surface area (TPSA) is 66.8 Å². The van der Waals surface area contributed by atoms with Gasteiger partial charge in [-0.2, -0.15) is 5.26 Å². The molecule has 0 heterocycles. The van der Waals surface area contributed by atoms with Crippen molar-refractivity contribution in [1.82, 2.24) is 0 Å². The fourth-order valence-corrected chi connectivity index (χ4v) is 2.02. The van der Waals surface area contributed by atoms with Crippen LogP contribution in [0.3, 0.4) is 0 Å². The largest absolute Gasteiger partial charge is 0.389 e. The molecule has 1 unspecified atom stereocenters. The molecule has 0 bridgehead atoms. The monoisotopic (exact) mass is 336 g/mol. The van der Waals surface area contributed by atoms with Crippen molar-refractivity contribution in [3.8, 4) is 0 Å². The number of aliphatic hydroxyl groups is 1. The van der Waals surface area contributed by atoms with Crippen LogP contribution in [-0.4, -0.2) is 22.4 Å². The molecule has 0 aliphatic carbocycles. The number of aliphatic hydroxyl groups excluding tert-OH is 1. The van der Waals surface area contributed by atoms with Crippen LogP contribution in [0.2, 0.25) is 0 Å². The fourth-order valence-electron chi connectivity index (χ4n) is 2.02. The first-order valence-corrected chi connectivity index (χ1v) is 8.86. The van der Waals surface area contributed by atoms with Gasteiger partial charge in [-0.1, -0.05) is 68.4 Å². The van der Waals surface area contributed by atoms with E-state index in [-0.39, 0.29) is 6.42 Å². The van der Waals surface area contributed by atoms with Gasteiger partial charge in [0.1, 0.15) is 0 Å². The Morgan fingerprint density at radius 2 is 1.71 bits per heavy atom. The van der Waals surface area contributed by atoms with Crippen LogP contribution in [0, 0.1) is 0 Å². The summed E-state index contributed by atoms with van der Waals surface area (Å²) in [4.78, 5) is 14.2. The van der Waals surface area contributed by atoms with E-state index in [4.69, 9.17) is 5.26 Å². The molecule has 0 aromatic rings. The van der Waals surface area contributed by atoms with Crippen molar-refractivity contribution >= 4 is 5.97 Å². The molecule has 136 valence electrons. The summed E-state index contributed by atoms with van der Waals surface area (Å²) in [5.74, 6) is -0.673. The molecule has 0 radical (unpaired) electrons. The van der Waals surface area contributed by atoms with Crippen LogP contribution in [0.25, 0.3) is 0 Å². The lowest BCUT2D eigenvalue weighted by Crippen LogP contribution is -2.05. The Bertz CT molecular complexity index is 408. The molecule has 0 saturated heterocycles. The Morgan fingerprint density at radius 3 is 2.42 bits per heavy atom. The van der Waals surface area contributed by atoms with Crippen LogP contribution in [0.4, 0.5) is 0 Å². The van der Waals surface area contributed by atoms with Gasteiger partial charge in [0.15, 0.2) is 0 Å². The minimum Gasteiger partial charge on any atom is -0.389 e. The summed E-state index contributed by atoms with van der Waals surface area (Å²) in [6, 6.07) is 0. The molecule has 0 aromatic heterocycles. The third kappa shape index (κ3) is 16.7. The van der Waals surface area contributed by atoms with E-state index in [2.05, 4.69) is 36.1 Å². The summed E-state index contributed by atoms with van der Waals surface area (Å²) in [5, 5.41) is 17.7. The minimum atomic E-state index is -0.673. The van der Waals surface area contributed by atoms with Crippen molar-refractivity contribution in [2.24, 2.45) is 0 Å². The van der Waals surface area contributed by atoms with E-state index in [0.29, 0.717) is 12.8 Å². The molecular formula is C20H32O4. The number of hydrogen-bond donors (Lipinski definition) is 2. The van der Waals surface area contributed by atoms with E-state index in [1.54, 1.807) is 12.2 Å². The first-order chi connectivity index (χ1) is 11.7. The molecule has 0 aliphatic rings. The number of carbonyl (C=O) groups excluding carboxylic acids is 1. The third-order valence-electron chi connectivity index (χ3n) is 3.42. The second-order valence-electron chi connectivity index (χ2n) is 5.65. The van der Waals surface area contributed by atoms with E-state index in [1.807, 2.05) is 12.2 Å². The molecule has 0 amide bonds. The predicted octanol–water partition coefficient (Wildman–Crippen LogP) is 5.12. The van der Waals surface area contributed by atoms with Gasteiger partial charge in [-0.3, -0.25) is 0 Å². The maximum absolute atomic E-state index is 10.7. The van der Waals surface area contributed by atoms with Gasteiger partial charge in [-0.15, -0.1) is 0 Å². The molecule has 1 atom stereocenters. The van der Waals surface area contributed by atoms with E-state index < -0.39 is 12.1 Å². The molecule has 0 aromatic carbocycles. The van der Waals surface area contributed by atoms with Gasteiger partial charge < -0.3 is 9.99 Å². The molecule has 4 heteroatoms. The third-order valence-corrected chi connectivity index (χ3v) is 3.42. The lowest BCUT2D eigenvalue weighted by molar-refractivity contribution is -0.234. The van der Waals surface area contributed by atoms with Crippen molar-refractivity contribution in [3.63, 3.8) is 0 Å². The zero-order valence-electron chi connectivity index (χ0n) is 14.8. The molecule has 0 aliphatic heterocycles. The van der Waals surface area contributed by atoms with Gasteiger partial charge in [-0.05, 0) is 38.5 Å². The van der Waals surface area contributed by atoms with Gasteiger partial charge in [0.2, 0.25) is 0 Å². The Labute approximate surface area is 146 Å². The standard InChI is InChI=1S/C20H32O4/c1-2-3-4-5-6-7-8-9-10-11-12-13-14-16-19(21)17-15-18-20(22)24-23/h6-7,9-10,12-14,16,19,21,23H,2-5,8,11,15,17-18H2,1H3. The van der Waals surface area contributed by atoms with Crippen LogP contribution in [0.1, 0.15) is 64.7 Å². The second kappa shape index (κ2) is 17.7. The molecule has 0 spiro atoms. The smallest absolute Gasteiger partial charge is 0.342 e. The molecular weight excluding hydrogens is 304 g/mol. The summed E-state index contributed by atoms with van der Waals surface area (Å²) in [7, 11) is 0. The summed E-state index contributed by atoms with van der Waals surface area (Å²) in [6.07, 6.45) is 23.5. The van der Waals surface area contributed by atoms with Gasteiger partial charge >= 0.3 is 5.97 Å². The predicted molar refractivity (Wildman–Crippen MR) is 98.5 cm³/mol. The van der Waals surface area contributed by atoms with Crippen molar-refractivity contribution in [2.75, 3.05) is 0 Å². The molecule has 0 rings (SSSR count). The van der Waals surface area contributed by atoms with Crippen LogP contribution >= 0.6 is 0 Å². The first kappa shape index (κ1) is 22.4. The van der Waals surface area contributed by atoms with Crippen molar-refractivity contribution in [2.45, 2.75) is 70.8 Å². The van der Waals surface area contributed by atoms with Crippen LogP contribution < -0.4 is 0 Å². The normalized spacial score (nSPS) is 13.6. The van der Waals surface area contributed by atoms with Crippen LogP contribution in [0.5, 0.6) is 0 Å². The Kier molecular flexibility index (Phi) is 16.5. The summed E-state index contributed by atoms with van der Waals surface area (Å²) in [6.45, 7) is 2.22.